The van der Waals surface area contributed by atoms with E-state index in [-0.39, 0.29) is 5.78 Å². The zero-order chi connectivity index (χ0) is 15.8. The van der Waals surface area contributed by atoms with Crippen LogP contribution in [0.5, 0.6) is 0 Å². The second-order valence-corrected chi connectivity index (χ2v) is 5.47. The Kier molecular flexibility index (Phi) is 6.14. The maximum Gasteiger partial charge on any atom is 0.176 e. The molecule has 0 unspecified atom stereocenters. The zero-order valence-electron chi connectivity index (χ0n) is 12.2. The summed E-state index contributed by atoms with van der Waals surface area (Å²) < 4.78 is 0. The van der Waals surface area contributed by atoms with E-state index in [1.807, 2.05) is 59.5 Å². The molecule has 0 spiro atoms. The molecular formula is C18H17ClN2O. The van der Waals surface area contributed by atoms with Crippen LogP contribution in [0.2, 0.25) is 5.02 Å². The summed E-state index contributed by atoms with van der Waals surface area (Å²) in [4.78, 5) is 14.3. The highest BCUT2D eigenvalue weighted by molar-refractivity contribution is 6.30. The van der Waals surface area contributed by atoms with E-state index in [1.54, 1.807) is 0 Å². The summed E-state index contributed by atoms with van der Waals surface area (Å²) >= 11 is 5.89. The number of carbonyl (C=O) groups excluding carboxylic acids is 1. The van der Waals surface area contributed by atoms with Crippen LogP contribution in [-0.2, 0) is 6.54 Å². The van der Waals surface area contributed by atoms with Crippen LogP contribution in [0.3, 0.4) is 0 Å². The Labute approximate surface area is 135 Å². The van der Waals surface area contributed by atoms with Gasteiger partial charge in [0.05, 0.1) is 12.6 Å². The lowest BCUT2D eigenvalue weighted by molar-refractivity contribution is 0.0927. The lowest BCUT2D eigenvalue weighted by Gasteiger charge is -2.20. The van der Waals surface area contributed by atoms with Crippen LogP contribution < -0.4 is 0 Å². The second kappa shape index (κ2) is 8.33. The van der Waals surface area contributed by atoms with Crippen LogP contribution in [0.25, 0.3) is 0 Å². The smallest absolute Gasteiger partial charge is 0.176 e. The molecule has 0 aliphatic heterocycles. The first-order valence-electron chi connectivity index (χ1n) is 7.11. The van der Waals surface area contributed by atoms with Gasteiger partial charge in [0, 0.05) is 30.1 Å². The summed E-state index contributed by atoms with van der Waals surface area (Å²) in [6, 6.07) is 18.9. The predicted molar refractivity (Wildman–Crippen MR) is 87.7 cm³/mol. The molecule has 0 fully saturated rings. The molecule has 112 valence electrons. The fourth-order valence-corrected chi connectivity index (χ4v) is 2.31. The van der Waals surface area contributed by atoms with Crippen molar-refractivity contribution in [3.05, 3.63) is 70.7 Å². The molecule has 0 amide bonds. The van der Waals surface area contributed by atoms with E-state index in [2.05, 4.69) is 6.07 Å². The number of hydrogen-bond donors (Lipinski definition) is 0. The van der Waals surface area contributed by atoms with Crippen LogP contribution in [0.1, 0.15) is 22.3 Å². The maximum absolute atomic E-state index is 12.3. The lowest BCUT2D eigenvalue weighted by Crippen LogP contribution is -2.30. The number of Topliss-reactive ketones (excluding diaryl/α,β-unsaturated/α-hetero) is 1. The minimum absolute atomic E-state index is 0.0625. The summed E-state index contributed by atoms with van der Waals surface area (Å²) in [5, 5.41) is 9.48. The third-order valence-corrected chi connectivity index (χ3v) is 3.57. The Morgan fingerprint density at radius 2 is 1.77 bits per heavy atom. The lowest BCUT2D eigenvalue weighted by atomic mass is 10.1. The van der Waals surface area contributed by atoms with Gasteiger partial charge in [0.1, 0.15) is 0 Å². The highest BCUT2D eigenvalue weighted by Crippen LogP contribution is 2.12. The van der Waals surface area contributed by atoms with Gasteiger partial charge in [0.15, 0.2) is 5.78 Å². The predicted octanol–water partition coefficient (Wildman–Crippen LogP) is 3.94. The van der Waals surface area contributed by atoms with E-state index in [0.29, 0.717) is 36.6 Å². The van der Waals surface area contributed by atoms with Crippen molar-refractivity contribution in [2.24, 2.45) is 0 Å². The van der Waals surface area contributed by atoms with Crippen molar-refractivity contribution in [1.29, 1.82) is 5.26 Å². The highest BCUT2D eigenvalue weighted by atomic mass is 35.5. The second-order valence-electron chi connectivity index (χ2n) is 5.03. The van der Waals surface area contributed by atoms with Gasteiger partial charge >= 0.3 is 0 Å². The molecule has 0 aliphatic rings. The van der Waals surface area contributed by atoms with Crippen LogP contribution >= 0.6 is 11.6 Å². The SMILES string of the molecule is N#CCCN(CC(=O)c1ccccc1)Cc1ccc(Cl)cc1. The molecule has 0 saturated heterocycles. The van der Waals surface area contributed by atoms with Crippen LogP contribution in [-0.4, -0.2) is 23.8 Å². The minimum atomic E-state index is 0.0625. The maximum atomic E-state index is 12.3. The third kappa shape index (κ3) is 5.00. The molecule has 0 N–H and O–H groups in total. The van der Waals surface area contributed by atoms with Crippen molar-refractivity contribution in [3.8, 4) is 6.07 Å². The molecule has 0 aromatic heterocycles. The Bertz CT molecular complexity index is 647. The molecule has 0 atom stereocenters. The minimum Gasteiger partial charge on any atom is -0.293 e. The fourth-order valence-electron chi connectivity index (χ4n) is 2.19. The van der Waals surface area contributed by atoms with Crippen molar-refractivity contribution >= 4 is 17.4 Å². The van der Waals surface area contributed by atoms with Gasteiger partial charge in [-0.05, 0) is 17.7 Å². The molecule has 4 heteroatoms. The van der Waals surface area contributed by atoms with Gasteiger partial charge in [-0.3, -0.25) is 9.69 Å². The average Bonchev–Trinajstić information content (AvgIpc) is 2.55. The number of halogens is 1. The van der Waals surface area contributed by atoms with Crippen molar-refractivity contribution in [2.75, 3.05) is 13.1 Å². The molecule has 0 heterocycles. The number of nitrogens with zero attached hydrogens (tertiary/aromatic N) is 2. The summed E-state index contributed by atoms with van der Waals surface area (Å²) in [5.74, 6) is 0.0625. The molecule has 2 rings (SSSR count). The first-order chi connectivity index (χ1) is 10.7. The van der Waals surface area contributed by atoms with E-state index in [0.717, 1.165) is 5.56 Å². The fraction of sp³-hybridized carbons (Fsp3) is 0.222. The standard InChI is InChI=1S/C18H17ClN2O/c19-17-9-7-15(8-10-17)13-21(12-4-11-20)14-18(22)16-5-2-1-3-6-16/h1-3,5-10H,4,12-14H2. The summed E-state index contributed by atoms with van der Waals surface area (Å²) in [6.07, 6.45) is 0.398. The van der Waals surface area contributed by atoms with E-state index in [1.165, 1.54) is 0 Å². The molecule has 0 saturated carbocycles. The Morgan fingerprint density at radius 1 is 1.09 bits per heavy atom. The first kappa shape index (κ1) is 16.2. The van der Waals surface area contributed by atoms with Crippen molar-refractivity contribution in [3.63, 3.8) is 0 Å². The number of benzene rings is 2. The Morgan fingerprint density at radius 3 is 2.41 bits per heavy atom. The molecule has 2 aromatic carbocycles. The summed E-state index contributed by atoms with van der Waals surface area (Å²) in [6.45, 7) is 1.49. The highest BCUT2D eigenvalue weighted by Gasteiger charge is 2.12. The van der Waals surface area contributed by atoms with E-state index in [4.69, 9.17) is 16.9 Å². The van der Waals surface area contributed by atoms with E-state index >= 15 is 0 Å². The van der Waals surface area contributed by atoms with Gasteiger partial charge in [0.2, 0.25) is 0 Å². The molecule has 3 nitrogen and oxygen atoms in total. The van der Waals surface area contributed by atoms with E-state index < -0.39 is 0 Å². The third-order valence-electron chi connectivity index (χ3n) is 3.32. The van der Waals surface area contributed by atoms with Crippen LogP contribution in [0.15, 0.2) is 54.6 Å². The van der Waals surface area contributed by atoms with Gasteiger partial charge < -0.3 is 0 Å². The summed E-state index contributed by atoms with van der Waals surface area (Å²) in [5.41, 5.74) is 1.77. The number of rotatable bonds is 7. The quantitative estimate of drug-likeness (QED) is 0.727. The monoisotopic (exact) mass is 312 g/mol. The number of hydrogen-bond acceptors (Lipinski definition) is 3. The molecule has 2 aromatic rings. The molecule has 0 bridgehead atoms. The molecule has 0 aliphatic carbocycles. The Balaban J connectivity index is 2.04. The molecule has 22 heavy (non-hydrogen) atoms. The zero-order valence-corrected chi connectivity index (χ0v) is 13.0. The van der Waals surface area contributed by atoms with E-state index in [9.17, 15) is 4.79 Å². The van der Waals surface area contributed by atoms with Crippen molar-refractivity contribution in [2.45, 2.75) is 13.0 Å². The van der Waals surface area contributed by atoms with Crippen molar-refractivity contribution in [1.82, 2.24) is 4.90 Å². The van der Waals surface area contributed by atoms with Gasteiger partial charge in [-0.1, -0.05) is 54.1 Å². The van der Waals surface area contributed by atoms with Gasteiger partial charge in [-0.15, -0.1) is 0 Å². The van der Waals surface area contributed by atoms with Gasteiger partial charge in [0.25, 0.3) is 0 Å². The number of nitriles is 1. The topological polar surface area (TPSA) is 44.1 Å². The van der Waals surface area contributed by atoms with Gasteiger partial charge in [-0.25, -0.2) is 0 Å². The molecule has 0 radical (unpaired) electrons. The summed E-state index contributed by atoms with van der Waals surface area (Å²) in [7, 11) is 0. The normalized spacial score (nSPS) is 10.4. The van der Waals surface area contributed by atoms with Crippen LogP contribution in [0, 0.1) is 11.3 Å². The largest absolute Gasteiger partial charge is 0.293 e. The van der Waals surface area contributed by atoms with Crippen LogP contribution in [0.4, 0.5) is 0 Å². The Hall–Kier alpha value is -2.15. The number of ketones is 1. The average molecular weight is 313 g/mol. The first-order valence-corrected chi connectivity index (χ1v) is 7.49. The van der Waals surface area contributed by atoms with Crippen molar-refractivity contribution < 1.29 is 4.79 Å². The molecular weight excluding hydrogens is 296 g/mol. The van der Waals surface area contributed by atoms with Gasteiger partial charge in [-0.2, -0.15) is 5.26 Å². The number of carbonyl (C=O) groups is 1.